The molecule has 2 saturated carbocycles. The van der Waals surface area contributed by atoms with Gasteiger partial charge in [-0.15, -0.1) is 0 Å². The van der Waals surface area contributed by atoms with E-state index in [1.165, 1.54) is 12.8 Å². The van der Waals surface area contributed by atoms with E-state index in [1.807, 2.05) is 0 Å². The molecule has 3 nitrogen and oxygen atoms in total. The lowest BCUT2D eigenvalue weighted by molar-refractivity contribution is 0.240. The maximum absolute atomic E-state index is 11.5. The first kappa shape index (κ1) is 9.16. The highest BCUT2D eigenvalue weighted by molar-refractivity contribution is 7.89. The molecule has 0 aromatic carbocycles. The molecule has 2 aliphatic carbocycles. The molecule has 1 aliphatic heterocycles. The lowest BCUT2D eigenvalue weighted by Gasteiger charge is -2.26. The molecule has 1 N–H and O–H groups in total. The molecule has 3 fully saturated rings. The van der Waals surface area contributed by atoms with Crippen molar-refractivity contribution in [2.75, 3.05) is 5.75 Å². The van der Waals surface area contributed by atoms with Gasteiger partial charge in [0.15, 0.2) is 0 Å². The summed E-state index contributed by atoms with van der Waals surface area (Å²) in [5, 5.41) is 0. The van der Waals surface area contributed by atoms with Crippen molar-refractivity contribution in [3.05, 3.63) is 0 Å². The van der Waals surface area contributed by atoms with E-state index < -0.39 is 10.0 Å². The molecule has 0 spiro atoms. The summed E-state index contributed by atoms with van der Waals surface area (Å²) < 4.78 is 25.8. The van der Waals surface area contributed by atoms with Gasteiger partial charge in [0.25, 0.3) is 0 Å². The Morgan fingerprint density at radius 3 is 2.50 bits per heavy atom. The molecule has 0 unspecified atom stereocenters. The van der Waals surface area contributed by atoms with Crippen molar-refractivity contribution in [1.29, 1.82) is 0 Å². The van der Waals surface area contributed by atoms with E-state index in [1.54, 1.807) is 0 Å². The number of hydrogen-bond acceptors (Lipinski definition) is 2. The van der Waals surface area contributed by atoms with Crippen LogP contribution in [-0.2, 0) is 10.0 Å². The lowest BCUT2D eigenvalue weighted by atomic mass is 9.80. The van der Waals surface area contributed by atoms with Crippen molar-refractivity contribution in [1.82, 2.24) is 4.72 Å². The van der Waals surface area contributed by atoms with E-state index in [4.69, 9.17) is 0 Å². The Kier molecular flexibility index (Phi) is 1.54. The zero-order valence-electron chi connectivity index (χ0n) is 8.66. The summed E-state index contributed by atoms with van der Waals surface area (Å²) in [5.41, 5.74) is 0.359. The summed E-state index contributed by atoms with van der Waals surface area (Å²) in [6.07, 6.45) is 2.44. The third-order valence-electron chi connectivity index (χ3n) is 4.84. The van der Waals surface area contributed by atoms with Crippen molar-refractivity contribution < 1.29 is 8.42 Å². The van der Waals surface area contributed by atoms with Crippen molar-refractivity contribution in [3.8, 4) is 0 Å². The smallest absolute Gasteiger partial charge is 0.212 e. The molecule has 14 heavy (non-hydrogen) atoms. The first-order chi connectivity index (χ1) is 6.42. The minimum Gasteiger partial charge on any atom is -0.212 e. The Morgan fingerprint density at radius 1 is 1.21 bits per heavy atom. The third-order valence-corrected chi connectivity index (χ3v) is 6.29. The minimum absolute atomic E-state index is 0.258. The van der Waals surface area contributed by atoms with Crippen LogP contribution in [0.5, 0.6) is 0 Å². The average molecular weight is 215 g/mol. The number of hydrogen-bond donors (Lipinski definition) is 1. The van der Waals surface area contributed by atoms with Gasteiger partial charge in [-0.3, -0.25) is 0 Å². The molecule has 3 aliphatic rings. The molecule has 1 heterocycles. The largest absolute Gasteiger partial charge is 0.212 e. The molecule has 0 aromatic heterocycles. The van der Waals surface area contributed by atoms with Gasteiger partial charge in [0, 0.05) is 6.04 Å². The molecule has 4 atom stereocenters. The Bertz CT molecular complexity index is 346. The van der Waals surface area contributed by atoms with Gasteiger partial charge in [-0.2, -0.15) is 0 Å². The second-order valence-electron chi connectivity index (χ2n) is 5.70. The molecule has 0 radical (unpaired) electrons. The summed E-state index contributed by atoms with van der Waals surface area (Å²) in [5.74, 6) is 1.98. The molecule has 1 saturated heterocycles. The van der Waals surface area contributed by atoms with Crippen LogP contribution >= 0.6 is 0 Å². The van der Waals surface area contributed by atoms with Crippen molar-refractivity contribution in [2.24, 2.45) is 23.2 Å². The predicted octanol–water partition coefficient (Wildman–Crippen LogP) is 0.970. The lowest BCUT2D eigenvalue weighted by Crippen LogP contribution is -2.35. The van der Waals surface area contributed by atoms with Gasteiger partial charge in [0.05, 0.1) is 5.75 Å². The monoisotopic (exact) mass is 215 g/mol. The highest BCUT2D eigenvalue weighted by Gasteiger charge is 2.62. The predicted molar refractivity (Wildman–Crippen MR) is 54.2 cm³/mol. The van der Waals surface area contributed by atoms with Gasteiger partial charge in [0.2, 0.25) is 10.0 Å². The van der Waals surface area contributed by atoms with E-state index >= 15 is 0 Å². The van der Waals surface area contributed by atoms with Crippen LogP contribution in [0.3, 0.4) is 0 Å². The van der Waals surface area contributed by atoms with Crippen LogP contribution in [0.15, 0.2) is 0 Å². The highest BCUT2D eigenvalue weighted by atomic mass is 32.2. The van der Waals surface area contributed by atoms with Gasteiger partial charge in [-0.05, 0) is 36.0 Å². The van der Waals surface area contributed by atoms with Gasteiger partial charge in [-0.25, -0.2) is 13.1 Å². The fourth-order valence-electron chi connectivity index (χ4n) is 4.23. The first-order valence-corrected chi connectivity index (χ1v) is 7.07. The van der Waals surface area contributed by atoms with Crippen LogP contribution in [0.4, 0.5) is 0 Å². The van der Waals surface area contributed by atoms with Crippen molar-refractivity contribution in [3.63, 3.8) is 0 Å². The maximum atomic E-state index is 11.5. The first-order valence-electron chi connectivity index (χ1n) is 5.42. The third kappa shape index (κ3) is 0.936. The minimum atomic E-state index is -2.93. The zero-order valence-corrected chi connectivity index (χ0v) is 9.47. The molecule has 0 aromatic rings. The standard InChI is InChI=1S/C10H17NO2S/c1-10(2)7-3-4-8(10)9-6(7)5-14(12,13)11-9/h6-9,11H,3-5H2,1-2H3/t6-,7-,8-,9-/m0/s1. The molecule has 2 bridgehead atoms. The molecular weight excluding hydrogens is 198 g/mol. The Hall–Kier alpha value is -0.0900. The fraction of sp³-hybridized carbons (Fsp3) is 1.00. The molecular formula is C10H17NO2S. The SMILES string of the molecule is CC1(C)[C@H]2CC[C@H]1[C@H]1NS(=O)(=O)C[C@H]12. The highest BCUT2D eigenvalue weighted by Crippen LogP contribution is 2.61. The Morgan fingerprint density at radius 2 is 1.86 bits per heavy atom. The topological polar surface area (TPSA) is 46.2 Å². The molecule has 4 heteroatoms. The Labute approximate surface area is 85.3 Å². The van der Waals surface area contributed by atoms with E-state index in [9.17, 15) is 8.42 Å². The van der Waals surface area contributed by atoms with E-state index in [0.29, 0.717) is 28.9 Å². The van der Waals surface area contributed by atoms with Crippen LogP contribution in [0.2, 0.25) is 0 Å². The fourth-order valence-corrected chi connectivity index (χ4v) is 6.03. The number of fused-ring (bicyclic) bond motifs is 5. The second-order valence-corrected chi connectivity index (χ2v) is 7.50. The van der Waals surface area contributed by atoms with Gasteiger partial charge < -0.3 is 0 Å². The van der Waals surface area contributed by atoms with E-state index in [2.05, 4.69) is 18.6 Å². The second kappa shape index (κ2) is 2.35. The van der Waals surface area contributed by atoms with Crippen LogP contribution in [-0.4, -0.2) is 20.2 Å². The van der Waals surface area contributed by atoms with E-state index in [0.717, 1.165) is 0 Å². The normalized spacial score (nSPS) is 52.1. The Balaban J connectivity index is 2.01. The summed E-state index contributed by atoms with van der Waals surface area (Å²) >= 11 is 0. The van der Waals surface area contributed by atoms with Gasteiger partial charge in [-0.1, -0.05) is 13.8 Å². The maximum Gasteiger partial charge on any atom is 0.212 e. The summed E-state index contributed by atoms with van der Waals surface area (Å²) in [4.78, 5) is 0. The summed E-state index contributed by atoms with van der Waals surface area (Å²) in [6, 6.07) is 0.258. The number of nitrogens with one attached hydrogen (secondary N) is 1. The van der Waals surface area contributed by atoms with Crippen LogP contribution in [0, 0.1) is 23.2 Å². The average Bonchev–Trinajstić information content (AvgIpc) is 2.54. The molecule has 3 rings (SSSR count). The molecule has 0 amide bonds. The van der Waals surface area contributed by atoms with Crippen molar-refractivity contribution >= 4 is 10.0 Å². The zero-order chi connectivity index (χ0) is 10.1. The van der Waals surface area contributed by atoms with Gasteiger partial charge >= 0.3 is 0 Å². The van der Waals surface area contributed by atoms with Crippen LogP contribution in [0.1, 0.15) is 26.7 Å². The van der Waals surface area contributed by atoms with Crippen LogP contribution < -0.4 is 4.72 Å². The van der Waals surface area contributed by atoms with Crippen molar-refractivity contribution in [2.45, 2.75) is 32.7 Å². The van der Waals surface area contributed by atoms with Crippen LogP contribution in [0.25, 0.3) is 0 Å². The summed E-state index contributed by atoms with van der Waals surface area (Å²) in [7, 11) is -2.93. The molecule has 80 valence electrons. The van der Waals surface area contributed by atoms with E-state index in [-0.39, 0.29) is 6.04 Å². The number of sulfonamides is 1. The number of rotatable bonds is 0. The quantitative estimate of drug-likeness (QED) is 0.654. The van der Waals surface area contributed by atoms with Gasteiger partial charge in [0.1, 0.15) is 0 Å². The summed E-state index contributed by atoms with van der Waals surface area (Å²) in [6.45, 7) is 4.61.